The number of hydrogen-bond acceptors (Lipinski definition) is 2. The van der Waals surface area contributed by atoms with E-state index in [1.54, 1.807) is 6.33 Å². The number of benzene rings is 1. The summed E-state index contributed by atoms with van der Waals surface area (Å²) in [6, 6.07) is 3.70. The van der Waals surface area contributed by atoms with Gasteiger partial charge < -0.3 is 9.97 Å². The highest BCUT2D eigenvalue weighted by molar-refractivity contribution is 6.31. The van der Waals surface area contributed by atoms with Gasteiger partial charge in [-0.1, -0.05) is 11.6 Å². The van der Waals surface area contributed by atoms with Crippen LogP contribution in [0.5, 0.6) is 0 Å². The molecule has 2 heterocycles. The van der Waals surface area contributed by atoms with Crippen LogP contribution < -0.4 is 5.43 Å². The number of H-pyrrole nitrogens is 2. The Morgan fingerprint density at radius 3 is 2.87 bits per heavy atom. The molecule has 2 N–H and O–H groups in total. The third-order valence-corrected chi connectivity index (χ3v) is 2.67. The van der Waals surface area contributed by atoms with Crippen molar-refractivity contribution in [2.24, 2.45) is 0 Å². The Kier molecular flexibility index (Phi) is 1.61. The van der Waals surface area contributed by atoms with Gasteiger partial charge in [0.2, 0.25) is 5.43 Å². The van der Waals surface area contributed by atoms with Gasteiger partial charge in [-0.25, -0.2) is 4.98 Å². The minimum Gasteiger partial charge on any atom is -0.360 e. The van der Waals surface area contributed by atoms with Gasteiger partial charge in [0.1, 0.15) is 10.5 Å². The van der Waals surface area contributed by atoms with E-state index in [-0.39, 0.29) is 10.5 Å². The lowest BCUT2D eigenvalue weighted by molar-refractivity contribution is 1.34. The van der Waals surface area contributed by atoms with E-state index in [0.717, 1.165) is 11.0 Å². The summed E-state index contributed by atoms with van der Waals surface area (Å²) >= 11 is 5.77. The predicted molar refractivity (Wildman–Crippen MR) is 59.2 cm³/mol. The quantitative estimate of drug-likeness (QED) is 0.608. The van der Waals surface area contributed by atoms with Crippen LogP contribution in [0, 0.1) is 0 Å². The molecule has 1 aromatic carbocycles. The predicted octanol–water partition coefficient (Wildman–Crippen LogP) is 2.06. The van der Waals surface area contributed by atoms with E-state index < -0.39 is 0 Å². The summed E-state index contributed by atoms with van der Waals surface area (Å²) in [5, 5.41) is 0.708. The molecule has 0 aliphatic carbocycles. The average Bonchev–Trinajstić information content (AvgIpc) is 2.70. The third-order valence-electron chi connectivity index (χ3n) is 2.39. The standard InChI is InChI=1S/C10H6ClN3O/c11-5-3-12-6-1-2-7-9(14-4-13-7)8(6)10(5)15/h1-4H,(H,12,15)(H,13,14). The SMILES string of the molecule is O=c1c(Cl)c[nH]c2ccc3[nH]cnc3c12. The van der Waals surface area contributed by atoms with Crippen molar-refractivity contribution in [2.75, 3.05) is 0 Å². The maximum atomic E-state index is 11.8. The number of pyridine rings is 1. The molecule has 0 spiro atoms. The molecule has 0 bridgehead atoms. The van der Waals surface area contributed by atoms with Gasteiger partial charge in [0, 0.05) is 6.20 Å². The second-order valence-corrected chi connectivity index (χ2v) is 3.66. The van der Waals surface area contributed by atoms with Crippen LogP contribution in [0.25, 0.3) is 21.9 Å². The summed E-state index contributed by atoms with van der Waals surface area (Å²) in [5.74, 6) is 0. The summed E-state index contributed by atoms with van der Waals surface area (Å²) in [5.41, 5.74) is 2.03. The molecule has 0 radical (unpaired) electrons. The molecule has 0 saturated heterocycles. The van der Waals surface area contributed by atoms with E-state index in [4.69, 9.17) is 11.6 Å². The number of nitrogens with zero attached hydrogens (tertiary/aromatic N) is 1. The Morgan fingerprint density at radius 2 is 2.00 bits per heavy atom. The highest BCUT2D eigenvalue weighted by Gasteiger charge is 2.08. The van der Waals surface area contributed by atoms with E-state index in [1.165, 1.54) is 6.20 Å². The largest absolute Gasteiger partial charge is 0.360 e. The summed E-state index contributed by atoms with van der Waals surface area (Å²) in [7, 11) is 0. The molecule has 0 fully saturated rings. The smallest absolute Gasteiger partial charge is 0.210 e. The fourth-order valence-electron chi connectivity index (χ4n) is 1.68. The number of aromatic amines is 2. The zero-order valence-electron chi connectivity index (χ0n) is 7.54. The van der Waals surface area contributed by atoms with Gasteiger partial charge in [-0.2, -0.15) is 0 Å². The van der Waals surface area contributed by atoms with Crippen molar-refractivity contribution in [3.63, 3.8) is 0 Å². The van der Waals surface area contributed by atoms with E-state index in [1.807, 2.05) is 12.1 Å². The van der Waals surface area contributed by atoms with Gasteiger partial charge in [-0.3, -0.25) is 4.79 Å². The third kappa shape index (κ3) is 1.08. The highest BCUT2D eigenvalue weighted by atomic mass is 35.5. The fraction of sp³-hybridized carbons (Fsp3) is 0. The number of hydrogen-bond donors (Lipinski definition) is 2. The second-order valence-electron chi connectivity index (χ2n) is 3.25. The number of fused-ring (bicyclic) bond motifs is 3. The van der Waals surface area contributed by atoms with Crippen LogP contribution in [-0.2, 0) is 0 Å². The molecule has 0 unspecified atom stereocenters. The minimum absolute atomic E-state index is 0.179. The van der Waals surface area contributed by atoms with Crippen molar-refractivity contribution in [1.82, 2.24) is 15.0 Å². The van der Waals surface area contributed by atoms with Crippen LogP contribution in [-0.4, -0.2) is 15.0 Å². The van der Waals surface area contributed by atoms with Gasteiger partial charge >= 0.3 is 0 Å². The molecule has 0 amide bonds. The molecule has 3 aromatic rings. The summed E-state index contributed by atoms with van der Waals surface area (Å²) in [4.78, 5) is 21.9. The molecule has 0 atom stereocenters. The molecule has 0 saturated carbocycles. The van der Waals surface area contributed by atoms with E-state index >= 15 is 0 Å². The first kappa shape index (κ1) is 8.49. The van der Waals surface area contributed by atoms with Gasteiger partial charge in [0.15, 0.2) is 0 Å². The number of aromatic nitrogens is 3. The van der Waals surface area contributed by atoms with Crippen molar-refractivity contribution in [3.05, 3.63) is 39.9 Å². The van der Waals surface area contributed by atoms with Crippen molar-refractivity contribution < 1.29 is 0 Å². The molecule has 2 aromatic heterocycles. The van der Waals surface area contributed by atoms with Gasteiger partial charge in [0.25, 0.3) is 0 Å². The van der Waals surface area contributed by atoms with Crippen molar-refractivity contribution in [3.8, 4) is 0 Å². The van der Waals surface area contributed by atoms with E-state index in [9.17, 15) is 4.79 Å². The van der Waals surface area contributed by atoms with Crippen LogP contribution in [0.4, 0.5) is 0 Å². The fourth-order valence-corrected chi connectivity index (χ4v) is 1.83. The Morgan fingerprint density at radius 1 is 1.20 bits per heavy atom. The lowest BCUT2D eigenvalue weighted by atomic mass is 10.2. The molecule has 0 aliphatic heterocycles. The van der Waals surface area contributed by atoms with Gasteiger partial charge in [-0.15, -0.1) is 0 Å². The van der Waals surface area contributed by atoms with Crippen LogP contribution in [0.3, 0.4) is 0 Å². The molecule has 0 aliphatic rings. The van der Waals surface area contributed by atoms with Crippen molar-refractivity contribution in [2.45, 2.75) is 0 Å². The molecule has 3 rings (SSSR count). The van der Waals surface area contributed by atoms with Crippen LogP contribution in [0.2, 0.25) is 5.02 Å². The number of halogens is 1. The van der Waals surface area contributed by atoms with Crippen molar-refractivity contribution >= 4 is 33.5 Å². The Labute approximate surface area is 88.9 Å². The molecule has 4 nitrogen and oxygen atoms in total. The topological polar surface area (TPSA) is 61.5 Å². The lowest BCUT2D eigenvalue weighted by Gasteiger charge is -1.98. The van der Waals surface area contributed by atoms with E-state index in [2.05, 4.69) is 15.0 Å². The first-order valence-corrected chi connectivity index (χ1v) is 4.78. The zero-order valence-corrected chi connectivity index (χ0v) is 8.30. The second kappa shape index (κ2) is 2.84. The maximum absolute atomic E-state index is 11.8. The maximum Gasteiger partial charge on any atom is 0.210 e. The summed E-state index contributed by atoms with van der Waals surface area (Å²) < 4.78 is 0. The Bertz CT molecular complexity index is 713. The molecule has 74 valence electrons. The van der Waals surface area contributed by atoms with E-state index in [0.29, 0.717) is 10.9 Å². The molecule has 15 heavy (non-hydrogen) atoms. The Balaban J connectivity index is 2.71. The van der Waals surface area contributed by atoms with Crippen LogP contribution >= 0.6 is 11.6 Å². The van der Waals surface area contributed by atoms with Crippen LogP contribution in [0.1, 0.15) is 0 Å². The van der Waals surface area contributed by atoms with Gasteiger partial charge in [-0.05, 0) is 12.1 Å². The Hall–Kier alpha value is -1.81. The summed E-state index contributed by atoms with van der Waals surface area (Å²) in [6.45, 7) is 0. The number of rotatable bonds is 0. The highest BCUT2D eigenvalue weighted by Crippen LogP contribution is 2.19. The monoisotopic (exact) mass is 219 g/mol. The normalized spacial score (nSPS) is 11.3. The van der Waals surface area contributed by atoms with Gasteiger partial charge in [0.05, 0.1) is 22.7 Å². The summed E-state index contributed by atoms with van der Waals surface area (Å²) in [6.07, 6.45) is 3.05. The molecular formula is C10H6ClN3O. The van der Waals surface area contributed by atoms with Crippen molar-refractivity contribution in [1.29, 1.82) is 0 Å². The molecular weight excluding hydrogens is 214 g/mol. The number of imidazole rings is 1. The van der Waals surface area contributed by atoms with Crippen LogP contribution in [0.15, 0.2) is 29.5 Å². The average molecular weight is 220 g/mol. The molecule has 5 heteroatoms. The zero-order chi connectivity index (χ0) is 10.4. The lowest BCUT2D eigenvalue weighted by Crippen LogP contribution is -2.03. The number of nitrogens with one attached hydrogen (secondary N) is 2. The first-order chi connectivity index (χ1) is 7.27. The first-order valence-electron chi connectivity index (χ1n) is 4.40. The minimum atomic E-state index is -0.192.